The number of aliphatic hydroxyl groups is 1. The maximum atomic E-state index is 8.99. The van der Waals surface area contributed by atoms with Gasteiger partial charge in [0.05, 0.1) is 6.61 Å². The van der Waals surface area contributed by atoms with Gasteiger partial charge in [0.2, 0.25) is 5.89 Å². The lowest BCUT2D eigenvalue weighted by molar-refractivity contribution is 0.275. The van der Waals surface area contributed by atoms with Gasteiger partial charge in [0, 0.05) is 11.1 Å². The first-order chi connectivity index (χ1) is 8.20. The SMILES string of the molecule is Cc1oc(C=Cc2ccccc2Cl)nc1CO. The van der Waals surface area contributed by atoms with Crippen molar-refractivity contribution in [1.82, 2.24) is 4.98 Å². The molecule has 0 fully saturated rings. The second-order valence-corrected chi connectivity index (χ2v) is 3.98. The minimum Gasteiger partial charge on any atom is -0.442 e. The Morgan fingerprint density at radius 2 is 2.12 bits per heavy atom. The average Bonchev–Trinajstić information content (AvgIpc) is 2.69. The van der Waals surface area contributed by atoms with E-state index in [1.807, 2.05) is 30.3 Å². The van der Waals surface area contributed by atoms with E-state index in [-0.39, 0.29) is 6.61 Å². The van der Waals surface area contributed by atoms with Gasteiger partial charge in [-0.3, -0.25) is 0 Å². The van der Waals surface area contributed by atoms with Gasteiger partial charge in [-0.05, 0) is 24.6 Å². The molecule has 0 saturated carbocycles. The van der Waals surface area contributed by atoms with Crippen LogP contribution in [0, 0.1) is 6.92 Å². The lowest BCUT2D eigenvalue weighted by atomic mass is 10.2. The van der Waals surface area contributed by atoms with Crippen molar-refractivity contribution in [3.05, 3.63) is 52.2 Å². The summed E-state index contributed by atoms with van der Waals surface area (Å²) in [6, 6.07) is 7.51. The topological polar surface area (TPSA) is 46.3 Å². The van der Waals surface area contributed by atoms with E-state index >= 15 is 0 Å². The molecule has 0 spiro atoms. The number of oxazole rings is 1. The molecule has 3 nitrogen and oxygen atoms in total. The van der Waals surface area contributed by atoms with Crippen molar-refractivity contribution in [1.29, 1.82) is 0 Å². The molecule has 0 bridgehead atoms. The smallest absolute Gasteiger partial charge is 0.219 e. The Kier molecular flexibility index (Phi) is 3.61. The number of nitrogens with zero attached hydrogens (tertiary/aromatic N) is 1. The zero-order chi connectivity index (χ0) is 12.3. The normalized spacial score (nSPS) is 11.2. The van der Waals surface area contributed by atoms with Crippen LogP contribution in [-0.4, -0.2) is 10.1 Å². The van der Waals surface area contributed by atoms with Gasteiger partial charge in [0.25, 0.3) is 0 Å². The first-order valence-corrected chi connectivity index (χ1v) is 5.58. The highest BCUT2D eigenvalue weighted by Gasteiger charge is 2.05. The van der Waals surface area contributed by atoms with Gasteiger partial charge in [-0.2, -0.15) is 0 Å². The largest absolute Gasteiger partial charge is 0.442 e. The Balaban J connectivity index is 2.23. The van der Waals surface area contributed by atoms with Gasteiger partial charge >= 0.3 is 0 Å². The number of aryl methyl sites for hydroxylation is 1. The number of aromatic nitrogens is 1. The number of halogens is 1. The molecule has 1 N–H and O–H groups in total. The monoisotopic (exact) mass is 249 g/mol. The molecule has 2 aromatic rings. The summed E-state index contributed by atoms with van der Waals surface area (Å²) in [6.45, 7) is 1.65. The quantitative estimate of drug-likeness (QED) is 0.908. The molecule has 0 aliphatic heterocycles. The molecule has 0 unspecified atom stereocenters. The Bertz CT molecular complexity index is 546. The van der Waals surface area contributed by atoms with Crippen LogP contribution in [0.1, 0.15) is 22.9 Å². The zero-order valence-corrected chi connectivity index (χ0v) is 10.1. The van der Waals surface area contributed by atoms with Crippen molar-refractivity contribution < 1.29 is 9.52 Å². The van der Waals surface area contributed by atoms with Crippen LogP contribution in [0.25, 0.3) is 12.2 Å². The molecular formula is C13H12ClNO2. The Labute approximate surface area is 104 Å². The fourth-order valence-electron chi connectivity index (χ4n) is 1.44. The van der Waals surface area contributed by atoms with Crippen molar-refractivity contribution in [2.24, 2.45) is 0 Å². The number of hydrogen-bond donors (Lipinski definition) is 1. The van der Waals surface area contributed by atoms with Crippen molar-refractivity contribution in [2.45, 2.75) is 13.5 Å². The van der Waals surface area contributed by atoms with Crippen LogP contribution in [0.15, 0.2) is 28.7 Å². The molecular weight excluding hydrogens is 238 g/mol. The van der Waals surface area contributed by atoms with E-state index in [0.29, 0.717) is 22.4 Å². The predicted molar refractivity (Wildman–Crippen MR) is 67.5 cm³/mol. The summed E-state index contributed by atoms with van der Waals surface area (Å²) in [7, 11) is 0. The van der Waals surface area contributed by atoms with Crippen LogP contribution in [0.4, 0.5) is 0 Å². The molecule has 2 rings (SSSR count). The molecule has 0 radical (unpaired) electrons. The third-order valence-corrected chi connectivity index (χ3v) is 2.71. The molecule has 0 saturated heterocycles. The van der Waals surface area contributed by atoms with Gasteiger partial charge in [-0.15, -0.1) is 0 Å². The third-order valence-electron chi connectivity index (χ3n) is 2.37. The first-order valence-electron chi connectivity index (χ1n) is 5.20. The molecule has 0 amide bonds. The van der Waals surface area contributed by atoms with Crippen molar-refractivity contribution >= 4 is 23.8 Å². The fourth-order valence-corrected chi connectivity index (χ4v) is 1.64. The Morgan fingerprint density at radius 1 is 1.35 bits per heavy atom. The van der Waals surface area contributed by atoms with E-state index in [1.54, 1.807) is 13.0 Å². The number of aliphatic hydroxyl groups excluding tert-OH is 1. The summed E-state index contributed by atoms with van der Waals surface area (Å²) in [5.74, 6) is 1.10. The molecule has 1 heterocycles. The van der Waals surface area contributed by atoms with E-state index in [4.69, 9.17) is 21.1 Å². The maximum Gasteiger partial charge on any atom is 0.219 e. The van der Waals surface area contributed by atoms with Gasteiger partial charge in [-0.25, -0.2) is 4.98 Å². The van der Waals surface area contributed by atoms with Gasteiger partial charge < -0.3 is 9.52 Å². The van der Waals surface area contributed by atoms with Crippen LogP contribution in [0.2, 0.25) is 5.02 Å². The van der Waals surface area contributed by atoms with E-state index in [2.05, 4.69) is 4.98 Å². The van der Waals surface area contributed by atoms with Crippen LogP contribution >= 0.6 is 11.6 Å². The van der Waals surface area contributed by atoms with Gasteiger partial charge in [0.15, 0.2) is 0 Å². The van der Waals surface area contributed by atoms with Crippen LogP contribution < -0.4 is 0 Å². The second kappa shape index (κ2) is 5.17. The van der Waals surface area contributed by atoms with Crippen molar-refractivity contribution in [3.8, 4) is 0 Å². The lowest BCUT2D eigenvalue weighted by Crippen LogP contribution is -1.84. The Morgan fingerprint density at radius 3 is 2.76 bits per heavy atom. The predicted octanol–water partition coefficient (Wildman–Crippen LogP) is 3.30. The highest BCUT2D eigenvalue weighted by Crippen LogP contribution is 2.18. The van der Waals surface area contributed by atoms with Crippen LogP contribution in [0.5, 0.6) is 0 Å². The van der Waals surface area contributed by atoms with Crippen molar-refractivity contribution in [2.75, 3.05) is 0 Å². The minimum atomic E-state index is -0.116. The lowest BCUT2D eigenvalue weighted by Gasteiger charge is -1.94. The third kappa shape index (κ3) is 2.75. The van der Waals surface area contributed by atoms with Crippen LogP contribution in [0.3, 0.4) is 0 Å². The summed E-state index contributed by atoms with van der Waals surface area (Å²) >= 11 is 6.01. The molecule has 4 heteroatoms. The molecule has 0 atom stereocenters. The molecule has 0 aliphatic carbocycles. The molecule has 1 aromatic carbocycles. The fraction of sp³-hybridized carbons (Fsp3) is 0.154. The van der Waals surface area contributed by atoms with E-state index < -0.39 is 0 Å². The van der Waals surface area contributed by atoms with Gasteiger partial charge in [0.1, 0.15) is 11.5 Å². The second-order valence-electron chi connectivity index (χ2n) is 3.57. The minimum absolute atomic E-state index is 0.116. The molecule has 17 heavy (non-hydrogen) atoms. The van der Waals surface area contributed by atoms with E-state index in [1.165, 1.54) is 0 Å². The first kappa shape index (κ1) is 11.9. The average molecular weight is 250 g/mol. The summed E-state index contributed by atoms with van der Waals surface area (Å²) in [5, 5.41) is 9.67. The highest BCUT2D eigenvalue weighted by molar-refractivity contribution is 6.32. The van der Waals surface area contributed by atoms with E-state index in [9.17, 15) is 0 Å². The summed E-state index contributed by atoms with van der Waals surface area (Å²) in [4.78, 5) is 4.13. The van der Waals surface area contributed by atoms with E-state index in [0.717, 1.165) is 5.56 Å². The molecule has 1 aromatic heterocycles. The standard InChI is InChI=1S/C13H12ClNO2/c1-9-12(8-16)15-13(17-9)7-6-10-4-2-3-5-11(10)14/h2-7,16H,8H2,1H3. The highest BCUT2D eigenvalue weighted by atomic mass is 35.5. The molecule has 88 valence electrons. The summed E-state index contributed by atoms with van der Waals surface area (Å²) in [5.41, 5.74) is 1.46. The van der Waals surface area contributed by atoms with Gasteiger partial charge in [-0.1, -0.05) is 29.8 Å². The zero-order valence-electron chi connectivity index (χ0n) is 9.35. The number of benzene rings is 1. The van der Waals surface area contributed by atoms with Crippen LogP contribution in [-0.2, 0) is 6.61 Å². The number of hydrogen-bond acceptors (Lipinski definition) is 3. The molecule has 0 aliphatic rings. The van der Waals surface area contributed by atoms with Crippen molar-refractivity contribution in [3.63, 3.8) is 0 Å². The summed E-state index contributed by atoms with van der Waals surface area (Å²) < 4.78 is 5.37. The Hall–Kier alpha value is -1.58. The number of rotatable bonds is 3. The summed E-state index contributed by atoms with van der Waals surface area (Å²) in [6.07, 6.45) is 3.56. The maximum absolute atomic E-state index is 8.99.